The second-order valence-corrected chi connectivity index (χ2v) is 5.59. The molecule has 20 heavy (non-hydrogen) atoms. The highest BCUT2D eigenvalue weighted by Gasteiger charge is 2.16. The fourth-order valence-electron chi connectivity index (χ4n) is 2.11. The summed E-state index contributed by atoms with van der Waals surface area (Å²) >= 11 is 1.53. The number of rotatable bonds is 6. The Balaban J connectivity index is 1.87. The van der Waals surface area contributed by atoms with Gasteiger partial charge >= 0.3 is 0 Å². The lowest BCUT2D eigenvalue weighted by molar-refractivity contribution is -0.118. The summed E-state index contributed by atoms with van der Waals surface area (Å²) in [5, 5.41) is 2.80. The van der Waals surface area contributed by atoms with Crippen molar-refractivity contribution in [2.45, 2.75) is 33.1 Å². The highest BCUT2D eigenvalue weighted by atomic mass is 32.1. The second kappa shape index (κ2) is 7.20. The fourth-order valence-corrected chi connectivity index (χ4v) is 2.99. The zero-order valence-corrected chi connectivity index (χ0v) is 12.8. The van der Waals surface area contributed by atoms with Crippen molar-refractivity contribution >= 4 is 22.4 Å². The third-order valence-electron chi connectivity index (χ3n) is 3.15. The molecule has 0 saturated carbocycles. The number of aromatic nitrogens is 1. The minimum atomic E-state index is 0.165. The lowest BCUT2D eigenvalue weighted by atomic mass is 10.1. The van der Waals surface area contributed by atoms with Crippen LogP contribution < -0.4 is 4.90 Å². The van der Waals surface area contributed by atoms with E-state index in [4.69, 9.17) is 0 Å². The molecule has 1 aromatic heterocycles. The van der Waals surface area contributed by atoms with Gasteiger partial charge < -0.3 is 0 Å². The zero-order chi connectivity index (χ0) is 14.4. The van der Waals surface area contributed by atoms with E-state index in [2.05, 4.69) is 17.1 Å². The number of amides is 1. The SMILES string of the molecule is CCN(C(=O)CCCc1ccccc1)c1nc(C)cs1. The summed E-state index contributed by atoms with van der Waals surface area (Å²) in [6.07, 6.45) is 2.39. The summed E-state index contributed by atoms with van der Waals surface area (Å²) in [5.41, 5.74) is 2.26. The molecule has 0 saturated heterocycles. The molecule has 0 bridgehead atoms. The molecular formula is C16H20N2OS. The van der Waals surface area contributed by atoms with Gasteiger partial charge in [0.15, 0.2) is 5.13 Å². The van der Waals surface area contributed by atoms with Gasteiger partial charge in [-0.3, -0.25) is 9.69 Å². The first kappa shape index (κ1) is 14.7. The number of aryl methyl sites for hydroxylation is 2. The van der Waals surface area contributed by atoms with Crippen molar-refractivity contribution in [3.05, 3.63) is 47.0 Å². The van der Waals surface area contributed by atoms with Gasteiger partial charge in [0, 0.05) is 18.3 Å². The van der Waals surface area contributed by atoms with E-state index < -0.39 is 0 Å². The third-order valence-corrected chi connectivity index (χ3v) is 4.14. The Kier molecular flexibility index (Phi) is 5.30. The van der Waals surface area contributed by atoms with Gasteiger partial charge in [-0.05, 0) is 32.3 Å². The van der Waals surface area contributed by atoms with Crippen molar-refractivity contribution in [2.24, 2.45) is 0 Å². The topological polar surface area (TPSA) is 33.2 Å². The van der Waals surface area contributed by atoms with Crippen LogP contribution in [-0.2, 0) is 11.2 Å². The van der Waals surface area contributed by atoms with Crippen molar-refractivity contribution in [3.63, 3.8) is 0 Å². The van der Waals surface area contributed by atoms with E-state index in [9.17, 15) is 4.79 Å². The number of hydrogen-bond donors (Lipinski definition) is 0. The third kappa shape index (κ3) is 3.90. The average Bonchev–Trinajstić information content (AvgIpc) is 2.87. The monoisotopic (exact) mass is 288 g/mol. The van der Waals surface area contributed by atoms with Crippen LogP contribution in [0.5, 0.6) is 0 Å². The van der Waals surface area contributed by atoms with Crippen molar-refractivity contribution < 1.29 is 4.79 Å². The Labute approximate surface area is 124 Å². The van der Waals surface area contributed by atoms with Crippen molar-refractivity contribution in [2.75, 3.05) is 11.4 Å². The van der Waals surface area contributed by atoms with Gasteiger partial charge in [-0.2, -0.15) is 0 Å². The van der Waals surface area contributed by atoms with Crippen LogP contribution >= 0.6 is 11.3 Å². The Hall–Kier alpha value is -1.68. The maximum atomic E-state index is 12.3. The largest absolute Gasteiger partial charge is 0.288 e. The van der Waals surface area contributed by atoms with E-state index in [0.29, 0.717) is 13.0 Å². The molecule has 0 aliphatic rings. The molecule has 0 N–H and O–H groups in total. The molecule has 0 fully saturated rings. The molecule has 106 valence electrons. The van der Waals surface area contributed by atoms with Gasteiger partial charge in [-0.25, -0.2) is 4.98 Å². The summed E-state index contributed by atoms with van der Waals surface area (Å²) in [6.45, 7) is 4.62. The molecule has 0 atom stereocenters. The van der Waals surface area contributed by atoms with E-state index in [1.54, 1.807) is 4.90 Å². The predicted molar refractivity (Wildman–Crippen MR) is 84.3 cm³/mol. The molecule has 1 aromatic carbocycles. The number of carbonyl (C=O) groups is 1. The van der Waals surface area contributed by atoms with E-state index in [1.807, 2.05) is 37.4 Å². The number of anilines is 1. The van der Waals surface area contributed by atoms with Crippen LogP contribution in [0.1, 0.15) is 31.0 Å². The van der Waals surface area contributed by atoms with Gasteiger partial charge in [-0.1, -0.05) is 30.3 Å². The van der Waals surface area contributed by atoms with Crippen LogP contribution in [-0.4, -0.2) is 17.4 Å². The molecule has 0 radical (unpaired) electrons. The minimum Gasteiger partial charge on any atom is -0.288 e. The Morgan fingerprint density at radius 3 is 2.65 bits per heavy atom. The Morgan fingerprint density at radius 2 is 2.05 bits per heavy atom. The molecule has 0 spiro atoms. The van der Waals surface area contributed by atoms with E-state index in [-0.39, 0.29) is 5.91 Å². The zero-order valence-electron chi connectivity index (χ0n) is 12.0. The maximum absolute atomic E-state index is 12.3. The molecule has 1 heterocycles. The number of carbonyl (C=O) groups excluding carboxylic acids is 1. The lowest BCUT2D eigenvalue weighted by Crippen LogP contribution is -2.30. The van der Waals surface area contributed by atoms with Crippen LogP contribution in [0.15, 0.2) is 35.7 Å². The average molecular weight is 288 g/mol. The molecule has 0 aliphatic carbocycles. The molecule has 3 nitrogen and oxygen atoms in total. The second-order valence-electron chi connectivity index (χ2n) is 4.75. The molecule has 1 amide bonds. The highest BCUT2D eigenvalue weighted by molar-refractivity contribution is 7.14. The van der Waals surface area contributed by atoms with Crippen molar-refractivity contribution in [3.8, 4) is 0 Å². The van der Waals surface area contributed by atoms with Crippen molar-refractivity contribution in [1.82, 2.24) is 4.98 Å². The molecular weight excluding hydrogens is 268 g/mol. The van der Waals surface area contributed by atoms with Crippen LogP contribution in [0, 0.1) is 6.92 Å². The van der Waals surface area contributed by atoms with Gasteiger partial charge in [-0.15, -0.1) is 11.3 Å². The lowest BCUT2D eigenvalue weighted by Gasteiger charge is -2.17. The molecule has 2 rings (SSSR count). The summed E-state index contributed by atoms with van der Waals surface area (Å²) in [5.74, 6) is 0.165. The molecule has 2 aromatic rings. The maximum Gasteiger partial charge on any atom is 0.228 e. The summed E-state index contributed by atoms with van der Waals surface area (Å²) < 4.78 is 0. The Morgan fingerprint density at radius 1 is 1.30 bits per heavy atom. The minimum absolute atomic E-state index is 0.165. The number of benzene rings is 1. The predicted octanol–water partition coefficient (Wildman–Crippen LogP) is 3.83. The van der Waals surface area contributed by atoms with Gasteiger partial charge in [0.1, 0.15) is 0 Å². The molecule has 4 heteroatoms. The first-order valence-corrected chi connectivity index (χ1v) is 7.85. The number of thiazole rings is 1. The van der Waals surface area contributed by atoms with E-state index in [0.717, 1.165) is 23.7 Å². The number of hydrogen-bond acceptors (Lipinski definition) is 3. The number of nitrogens with zero attached hydrogens (tertiary/aromatic N) is 2. The van der Waals surface area contributed by atoms with Crippen LogP contribution in [0.2, 0.25) is 0 Å². The Bertz CT molecular complexity index is 551. The van der Waals surface area contributed by atoms with Crippen LogP contribution in [0.4, 0.5) is 5.13 Å². The first-order chi connectivity index (χ1) is 9.70. The molecule has 0 unspecified atom stereocenters. The van der Waals surface area contributed by atoms with Gasteiger partial charge in [0.25, 0.3) is 0 Å². The summed E-state index contributed by atoms with van der Waals surface area (Å²) in [6, 6.07) is 10.3. The van der Waals surface area contributed by atoms with E-state index in [1.165, 1.54) is 16.9 Å². The first-order valence-electron chi connectivity index (χ1n) is 6.97. The summed E-state index contributed by atoms with van der Waals surface area (Å²) in [4.78, 5) is 18.4. The van der Waals surface area contributed by atoms with E-state index >= 15 is 0 Å². The molecule has 0 aliphatic heterocycles. The van der Waals surface area contributed by atoms with Crippen LogP contribution in [0.3, 0.4) is 0 Å². The highest BCUT2D eigenvalue weighted by Crippen LogP contribution is 2.21. The van der Waals surface area contributed by atoms with Gasteiger partial charge in [0.2, 0.25) is 5.91 Å². The fraction of sp³-hybridized carbons (Fsp3) is 0.375. The summed E-state index contributed by atoms with van der Waals surface area (Å²) in [7, 11) is 0. The standard InChI is InChI=1S/C16H20N2OS/c1-3-18(16-17-13(2)12-20-16)15(19)11-7-10-14-8-5-4-6-9-14/h4-6,8-9,12H,3,7,10-11H2,1-2H3. The van der Waals surface area contributed by atoms with Gasteiger partial charge in [0.05, 0.1) is 5.69 Å². The normalized spacial score (nSPS) is 10.5. The smallest absolute Gasteiger partial charge is 0.228 e. The van der Waals surface area contributed by atoms with Crippen molar-refractivity contribution in [1.29, 1.82) is 0 Å². The van der Waals surface area contributed by atoms with Crippen LogP contribution in [0.25, 0.3) is 0 Å². The quantitative estimate of drug-likeness (QED) is 0.809.